The molecule has 0 bridgehead atoms. The highest BCUT2D eigenvalue weighted by Crippen LogP contribution is 2.59. The molecule has 1 unspecified atom stereocenters. The molecular formula is C23H29ClN2O2. The molecule has 5 heteroatoms. The van der Waals surface area contributed by atoms with Gasteiger partial charge in [0.15, 0.2) is 0 Å². The molecular weight excluding hydrogens is 372 g/mol. The molecule has 0 saturated heterocycles. The van der Waals surface area contributed by atoms with E-state index in [4.69, 9.17) is 11.6 Å². The number of likely N-dealkylation sites (N-methyl/N-ethyl adjacent to an activating group) is 1. The monoisotopic (exact) mass is 400 g/mol. The highest BCUT2D eigenvalue weighted by molar-refractivity contribution is 6.32. The van der Waals surface area contributed by atoms with Crippen molar-refractivity contribution in [3.63, 3.8) is 0 Å². The van der Waals surface area contributed by atoms with E-state index in [1.165, 1.54) is 5.56 Å². The van der Waals surface area contributed by atoms with Gasteiger partial charge < -0.3 is 15.3 Å². The Labute approximate surface area is 172 Å². The van der Waals surface area contributed by atoms with Crippen molar-refractivity contribution in [2.24, 2.45) is 11.8 Å². The molecule has 1 aliphatic rings. The molecule has 1 amide bonds. The van der Waals surface area contributed by atoms with E-state index < -0.39 is 0 Å². The van der Waals surface area contributed by atoms with Gasteiger partial charge in [0, 0.05) is 18.0 Å². The summed E-state index contributed by atoms with van der Waals surface area (Å²) in [6.45, 7) is 4.90. The van der Waals surface area contributed by atoms with Crippen molar-refractivity contribution in [2.75, 3.05) is 20.6 Å². The maximum atomic E-state index is 12.9. The SMILES string of the molecule is C[C@H]1C(C(=O)NC[C@H](Cc2ccc(O)c(Cl)c2)N(C)C)[C@]1(C)c1ccccc1. The first-order chi connectivity index (χ1) is 13.2. The Morgan fingerprint density at radius 1 is 1.25 bits per heavy atom. The number of hydrogen-bond donors (Lipinski definition) is 2. The number of nitrogens with zero attached hydrogens (tertiary/aromatic N) is 1. The molecule has 4 nitrogen and oxygen atoms in total. The largest absolute Gasteiger partial charge is 0.506 e. The van der Waals surface area contributed by atoms with Gasteiger partial charge in [-0.2, -0.15) is 0 Å². The second-order valence-corrected chi connectivity index (χ2v) is 8.67. The normalized spacial score (nSPS) is 24.8. The molecule has 150 valence electrons. The van der Waals surface area contributed by atoms with E-state index in [-0.39, 0.29) is 29.0 Å². The zero-order valence-corrected chi connectivity index (χ0v) is 17.7. The summed E-state index contributed by atoms with van der Waals surface area (Å²) in [5, 5.41) is 13.1. The van der Waals surface area contributed by atoms with Crippen LogP contribution in [0, 0.1) is 11.8 Å². The van der Waals surface area contributed by atoms with Crippen molar-refractivity contribution in [3.05, 3.63) is 64.7 Å². The lowest BCUT2D eigenvalue weighted by Crippen LogP contribution is -2.42. The fraction of sp³-hybridized carbons (Fsp3) is 0.435. The minimum absolute atomic E-state index is 0.000768. The summed E-state index contributed by atoms with van der Waals surface area (Å²) in [5.74, 6) is 0.530. The van der Waals surface area contributed by atoms with Gasteiger partial charge in [-0.1, -0.05) is 61.8 Å². The summed E-state index contributed by atoms with van der Waals surface area (Å²) in [6.07, 6.45) is 0.740. The van der Waals surface area contributed by atoms with Crippen molar-refractivity contribution in [2.45, 2.75) is 31.7 Å². The number of benzene rings is 2. The lowest BCUT2D eigenvalue weighted by molar-refractivity contribution is -0.123. The van der Waals surface area contributed by atoms with Gasteiger partial charge in [-0.3, -0.25) is 4.79 Å². The first kappa shape index (κ1) is 20.7. The van der Waals surface area contributed by atoms with Gasteiger partial charge in [0.2, 0.25) is 5.91 Å². The van der Waals surface area contributed by atoms with Gasteiger partial charge >= 0.3 is 0 Å². The predicted molar refractivity (Wildman–Crippen MR) is 114 cm³/mol. The summed E-state index contributed by atoms with van der Waals surface area (Å²) in [6, 6.07) is 15.7. The number of carbonyl (C=O) groups is 1. The Bertz CT molecular complexity index is 840. The van der Waals surface area contributed by atoms with E-state index in [1.807, 2.05) is 38.4 Å². The van der Waals surface area contributed by atoms with Gasteiger partial charge in [-0.05, 0) is 49.7 Å². The van der Waals surface area contributed by atoms with E-state index in [2.05, 4.69) is 36.2 Å². The summed E-state index contributed by atoms with van der Waals surface area (Å²) >= 11 is 6.03. The average molecular weight is 401 g/mol. The number of halogens is 1. The van der Waals surface area contributed by atoms with Gasteiger partial charge in [0.05, 0.1) is 10.9 Å². The van der Waals surface area contributed by atoms with Crippen molar-refractivity contribution < 1.29 is 9.90 Å². The third-order valence-electron chi connectivity index (χ3n) is 6.39. The van der Waals surface area contributed by atoms with Crippen LogP contribution in [0.4, 0.5) is 0 Å². The summed E-state index contributed by atoms with van der Waals surface area (Å²) in [5.41, 5.74) is 2.17. The van der Waals surface area contributed by atoms with Gasteiger partial charge in [0.1, 0.15) is 5.75 Å². The van der Waals surface area contributed by atoms with Crippen molar-refractivity contribution in [1.82, 2.24) is 10.2 Å². The zero-order chi connectivity index (χ0) is 20.5. The Balaban J connectivity index is 1.62. The lowest BCUT2D eigenvalue weighted by Gasteiger charge is -2.25. The first-order valence-corrected chi connectivity index (χ1v) is 10.1. The number of amides is 1. The van der Waals surface area contributed by atoms with Crippen LogP contribution in [0.2, 0.25) is 5.02 Å². The molecule has 0 radical (unpaired) electrons. The van der Waals surface area contributed by atoms with E-state index in [0.29, 0.717) is 17.5 Å². The average Bonchev–Trinajstić information content (AvgIpc) is 3.24. The Morgan fingerprint density at radius 3 is 2.54 bits per heavy atom. The minimum atomic E-state index is -0.0938. The van der Waals surface area contributed by atoms with Crippen LogP contribution in [0.1, 0.15) is 25.0 Å². The number of hydrogen-bond acceptors (Lipinski definition) is 3. The molecule has 28 heavy (non-hydrogen) atoms. The van der Waals surface area contributed by atoms with Crippen LogP contribution >= 0.6 is 11.6 Å². The van der Waals surface area contributed by atoms with Crippen molar-refractivity contribution in [3.8, 4) is 5.75 Å². The molecule has 0 aromatic heterocycles. The summed E-state index contributed by atoms with van der Waals surface area (Å²) in [4.78, 5) is 15.0. The fourth-order valence-corrected chi connectivity index (χ4v) is 4.39. The van der Waals surface area contributed by atoms with Crippen LogP contribution < -0.4 is 5.32 Å². The number of carbonyl (C=O) groups excluding carboxylic acids is 1. The quantitative estimate of drug-likeness (QED) is 0.742. The first-order valence-electron chi connectivity index (χ1n) is 9.72. The Kier molecular flexibility index (Phi) is 6.01. The number of aromatic hydroxyl groups is 1. The molecule has 2 aromatic carbocycles. The number of phenolic OH excluding ortho intramolecular Hbond substituents is 1. The summed E-state index contributed by atoms with van der Waals surface area (Å²) in [7, 11) is 4.01. The third kappa shape index (κ3) is 4.03. The topological polar surface area (TPSA) is 52.6 Å². The Hall–Kier alpha value is -2.04. The standard InChI is InChI=1S/C23H29ClN2O2/c1-15-21(23(15,2)17-8-6-5-7-9-17)22(28)25-14-18(26(3)4)12-16-10-11-20(27)19(24)13-16/h5-11,13,15,18,21,27H,12,14H2,1-4H3,(H,25,28)/t15-,18-,21?,23-/m0/s1. The van der Waals surface area contributed by atoms with E-state index in [1.54, 1.807) is 12.1 Å². The minimum Gasteiger partial charge on any atom is -0.506 e. The number of rotatable bonds is 7. The second kappa shape index (κ2) is 8.14. The molecule has 1 fully saturated rings. The maximum absolute atomic E-state index is 12.9. The third-order valence-corrected chi connectivity index (χ3v) is 6.69. The zero-order valence-electron chi connectivity index (χ0n) is 16.9. The van der Waals surface area contributed by atoms with E-state index >= 15 is 0 Å². The van der Waals surface area contributed by atoms with E-state index in [9.17, 15) is 9.90 Å². The highest BCUT2D eigenvalue weighted by Gasteiger charge is 2.62. The van der Waals surface area contributed by atoms with Crippen LogP contribution in [0.15, 0.2) is 48.5 Å². The number of phenols is 1. The molecule has 0 aliphatic heterocycles. The molecule has 2 aromatic rings. The smallest absolute Gasteiger partial charge is 0.224 e. The molecule has 2 N–H and O–H groups in total. The van der Waals surface area contributed by atoms with Crippen LogP contribution in [0.3, 0.4) is 0 Å². The molecule has 3 rings (SSSR count). The van der Waals surface area contributed by atoms with Gasteiger partial charge in [0.25, 0.3) is 0 Å². The Morgan fingerprint density at radius 2 is 1.93 bits per heavy atom. The highest BCUT2D eigenvalue weighted by atomic mass is 35.5. The molecule has 1 aliphatic carbocycles. The van der Waals surface area contributed by atoms with Crippen molar-refractivity contribution >= 4 is 17.5 Å². The number of nitrogens with one attached hydrogen (secondary N) is 1. The molecule has 0 heterocycles. The van der Waals surface area contributed by atoms with Crippen LogP contribution in [-0.4, -0.2) is 42.6 Å². The van der Waals surface area contributed by atoms with Crippen LogP contribution in [0.5, 0.6) is 5.75 Å². The predicted octanol–water partition coefficient (Wildman–Crippen LogP) is 3.86. The van der Waals surface area contributed by atoms with Crippen LogP contribution in [-0.2, 0) is 16.6 Å². The maximum Gasteiger partial charge on any atom is 0.224 e. The molecule has 1 saturated carbocycles. The lowest BCUT2D eigenvalue weighted by atomic mass is 9.94. The molecule has 0 spiro atoms. The van der Waals surface area contributed by atoms with Crippen LogP contribution in [0.25, 0.3) is 0 Å². The van der Waals surface area contributed by atoms with Crippen molar-refractivity contribution in [1.29, 1.82) is 0 Å². The second-order valence-electron chi connectivity index (χ2n) is 8.27. The van der Waals surface area contributed by atoms with Gasteiger partial charge in [-0.15, -0.1) is 0 Å². The summed E-state index contributed by atoms with van der Waals surface area (Å²) < 4.78 is 0. The van der Waals surface area contributed by atoms with Gasteiger partial charge in [-0.25, -0.2) is 0 Å². The van der Waals surface area contributed by atoms with E-state index in [0.717, 1.165) is 12.0 Å². The molecule has 4 atom stereocenters. The fourth-order valence-electron chi connectivity index (χ4n) is 4.18.